The highest BCUT2D eigenvalue weighted by molar-refractivity contribution is 6.04. The summed E-state index contributed by atoms with van der Waals surface area (Å²) < 4.78 is 4.73. The van der Waals surface area contributed by atoms with Gasteiger partial charge in [0.25, 0.3) is 5.91 Å². The molecule has 0 fully saturated rings. The maximum atomic E-state index is 12.3. The lowest BCUT2D eigenvalue weighted by atomic mass is 9.97. The van der Waals surface area contributed by atoms with Crippen LogP contribution in [0.15, 0.2) is 24.8 Å². The van der Waals surface area contributed by atoms with Crippen molar-refractivity contribution in [3.05, 3.63) is 41.5 Å². The molecular weight excluding hydrogens is 286 g/mol. The Kier molecular flexibility index (Phi) is 3.73. The minimum Gasteiger partial charge on any atom is -0.453 e. The van der Waals surface area contributed by atoms with Crippen LogP contribution in [-0.4, -0.2) is 45.5 Å². The fourth-order valence-electron chi connectivity index (χ4n) is 2.48. The standard InChI is InChI=1S/C14H15N5O3/c1-22-14(21)19-5-2-10-9(8-19)6-15-7-11(10)12(20)18-13-16-3-4-17-13/h3-4,6-7H,2,5,8H2,1H3,(H2,16,17,18,20). The molecule has 0 bridgehead atoms. The molecule has 2 amide bonds. The van der Waals surface area contributed by atoms with Gasteiger partial charge < -0.3 is 14.6 Å². The molecule has 8 heteroatoms. The summed E-state index contributed by atoms with van der Waals surface area (Å²) in [7, 11) is 1.35. The summed E-state index contributed by atoms with van der Waals surface area (Å²) in [4.78, 5) is 36.4. The summed E-state index contributed by atoms with van der Waals surface area (Å²) in [5.74, 6) is 0.111. The number of hydrogen-bond acceptors (Lipinski definition) is 5. The van der Waals surface area contributed by atoms with Gasteiger partial charge in [-0.3, -0.25) is 15.1 Å². The number of aromatic amines is 1. The molecular formula is C14H15N5O3. The molecule has 0 saturated heterocycles. The van der Waals surface area contributed by atoms with E-state index in [0.29, 0.717) is 31.0 Å². The molecule has 114 valence electrons. The number of H-pyrrole nitrogens is 1. The van der Waals surface area contributed by atoms with Crippen LogP contribution >= 0.6 is 0 Å². The first-order valence-corrected chi connectivity index (χ1v) is 6.78. The van der Waals surface area contributed by atoms with Crippen molar-refractivity contribution >= 4 is 17.9 Å². The van der Waals surface area contributed by atoms with Gasteiger partial charge in [0.15, 0.2) is 0 Å². The smallest absolute Gasteiger partial charge is 0.409 e. The van der Waals surface area contributed by atoms with E-state index in [1.807, 2.05) is 0 Å². The third kappa shape index (κ3) is 2.62. The van der Waals surface area contributed by atoms with Gasteiger partial charge in [-0.1, -0.05) is 0 Å². The van der Waals surface area contributed by atoms with Crippen molar-refractivity contribution in [1.29, 1.82) is 0 Å². The molecule has 1 aliphatic heterocycles. The highest BCUT2D eigenvalue weighted by atomic mass is 16.5. The molecule has 2 N–H and O–H groups in total. The molecule has 22 heavy (non-hydrogen) atoms. The molecule has 0 spiro atoms. The van der Waals surface area contributed by atoms with E-state index in [1.165, 1.54) is 13.3 Å². The predicted octanol–water partition coefficient (Wildman–Crippen LogP) is 1.18. The van der Waals surface area contributed by atoms with E-state index < -0.39 is 0 Å². The molecule has 0 atom stereocenters. The molecule has 0 radical (unpaired) electrons. The number of ether oxygens (including phenoxy) is 1. The highest BCUT2D eigenvalue weighted by Crippen LogP contribution is 2.22. The van der Waals surface area contributed by atoms with Crippen LogP contribution in [0.2, 0.25) is 0 Å². The van der Waals surface area contributed by atoms with Gasteiger partial charge in [0.05, 0.1) is 19.2 Å². The highest BCUT2D eigenvalue weighted by Gasteiger charge is 2.25. The third-order valence-electron chi connectivity index (χ3n) is 3.55. The van der Waals surface area contributed by atoms with Crippen molar-refractivity contribution in [2.75, 3.05) is 19.0 Å². The van der Waals surface area contributed by atoms with Gasteiger partial charge in [-0.05, 0) is 17.5 Å². The lowest BCUT2D eigenvalue weighted by molar-refractivity contribution is 0.102. The average Bonchev–Trinajstić information content (AvgIpc) is 3.05. The number of imidazole rings is 1. The second-order valence-electron chi connectivity index (χ2n) is 4.86. The second-order valence-corrected chi connectivity index (χ2v) is 4.86. The van der Waals surface area contributed by atoms with E-state index in [1.54, 1.807) is 23.5 Å². The molecule has 3 heterocycles. The SMILES string of the molecule is COC(=O)N1CCc2c(cncc2C(=O)Nc2ncc[nH]2)C1. The van der Waals surface area contributed by atoms with E-state index in [4.69, 9.17) is 4.74 Å². The Labute approximate surface area is 126 Å². The summed E-state index contributed by atoms with van der Waals surface area (Å²) >= 11 is 0. The predicted molar refractivity (Wildman–Crippen MR) is 77.3 cm³/mol. The number of aromatic nitrogens is 3. The Bertz CT molecular complexity index is 699. The quantitative estimate of drug-likeness (QED) is 0.867. The van der Waals surface area contributed by atoms with Gasteiger partial charge in [-0.25, -0.2) is 9.78 Å². The maximum absolute atomic E-state index is 12.3. The number of carbonyl (C=O) groups is 2. The van der Waals surface area contributed by atoms with Crippen LogP contribution in [0.4, 0.5) is 10.7 Å². The van der Waals surface area contributed by atoms with Gasteiger partial charge in [0.2, 0.25) is 5.95 Å². The summed E-state index contributed by atoms with van der Waals surface area (Å²) in [5, 5.41) is 2.68. The monoisotopic (exact) mass is 301 g/mol. The van der Waals surface area contributed by atoms with Gasteiger partial charge in [0, 0.05) is 31.3 Å². The van der Waals surface area contributed by atoms with Gasteiger partial charge in [0.1, 0.15) is 0 Å². The minimum absolute atomic E-state index is 0.272. The topological polar surface area (TPSA) is 100 Å². The van der Waals surface area contributed by atoms with E-state index in [0.717, 1.165) is 11.1 Å². The molecule has 0 unspecified atom stereocenters. The van der Waals surface area contributed by atoms with Crippen molar-refractivity contribution in [1.82, 2.24) is 19.9 Å². The first-order chi connectivity index (χ1) is 10.7. The lowest BCUT2D eigenvalue weighted by Gasteiger charge is -2.28. The van der Waals surface area contributed by atoms with Crippen molar-refractivity contribution in [2.24, 2.45) is 0 Å². The van der Waals surface area contributed by atoms with E-state index in [9.17, 15) is 9.59 Å². The zero-order valence-corrected chi connectivity index (χ0v) is 12.0. The number of amides is 2. The first kappa shape index (κ1) is 14.1. The van der Waals surface area contributed by atoms with Gasteiger partial charge in [-0.15, -0.1) is 0 Å². The number of pyridine rings is 1. The molecule has 1 aliphatic rings. The number of nitrogens with one attached hydrogen (secondary N) is 2. The van der Waals surface area contributed by atoms with Crippen LogP contribution in [0, 0.1) is 0 Å². The number of rotatable bonds is 2. The fraction of sp³-hybridized carbons (Fsp3) is 0.286. The molecule has 3 rings (SSSR count). The third-order valence-corrected chi connectivity index (χ3v) is 3.55. The Morgan fingerprint density at radius 1 is 1.41 bits per heavy atom. The van der Waals surface area contributed by atoms with Crippen LogP contribution in [0.5, 0.6) is 0 Å². The van der Waals surface area contributed by atoms with Crippen molar-refractivity contribution < 1.29 is 14.3 Å². The largest absolute Gasteiger partial charge is 0.453 e. The maximum Gasteiger partial charge on any atom is 0.409 e. The number of fused-ring (bicyclic) bond motifs is 1. The number of nitrogens with zero attached hydrogens (tertiary/aromatic N) is 3. The van der Waals surface area contributed by atoms with E-state index in [-0.39, 0.29) is 12.0 Å². The van der Waals surface area contributed by atoms with Crippen molar-refractivity contribution in [3.8, 4) is 0 Å². The summed E-state index contributed by atoms with van der Waals surface area (Å²) in [6.45, 7) is 0.890. The average molecular weight is 301 g/mol. The Hall–Kier alpha value is -2.90. The molecule has 0 aliphatic carbocycles. The zero-order valence-electron chi connectivity index (χ0n) is 12.0. The van der Waals surface area contributed by atoms with Crippen LogP contribution in [0.1, 0.15) is 21.5 Å². The van der Waals surface area contributed by atoms with Crippen LogP contribution in [-0.2, 0) is 17.7 Å². The number of carbonyl (C=O) groups excluding carboxylic acids is 2. The Morgan fingerprint density at radius 2 is 2.27 bits per heavy atom. The van der Waals surface area contributed by atoms with E-state index >= 15 is 0 Å². The summed E-state index contributed by atoms with van der Waals surface area (Å²) in [5.41, 5.74) is 2.25. The number of anilines is 1. The molecule has 0 saturated carbocycles. The Morgan fingerprint density at radius 3 is 3.00 bits per heavy atom. The molecule has 2 aromatic rings. The van der Waals surface area contributed by atoms with Crippen LogP contribution < -0.4 is 5.32 Å². The molecule has 2 aromatic heterocycles. The molecule has 0 aromatic carbocycles. The van der Waals surface area contributed by atoms with E-state index in [2.05, 4.69) is 20.3 Å². The Balaban J connectivity index is 1.83. The van der Waals surface area contributed by atoms with Gasteiger partial charge in [-0.2, -0.15) is 0 Å². The molecule has 8 nitrogen and oxygen atoms in total. The summed E-state index contributed by atoms with van der Waals surface area (Å²) in [6.07, 6.45) is 6.59. The number of methoxy groups -OCH3 is 1. The first-order valence-electron chi connectivity index (χ1n) is 6.78. The zero-order chi connectivity index (χ0) is 15.5. The lowest BCUT2D eigenvalue weighted by Crippen LogP contribution is -2.36. The normalized spacial score (nSPS) is 13.4. The van der Waals surface area contributed by atoms with Crippen molar-refractivity contribution in [3.63, 3.8) is 0 Å². The minimum atomic E-state index is -0.379. The van der Waals surface area contributed by atoms with Crippen molar-refractivity contribution in [2.45, 2.75) is 13.0 Å². The number of hydrogen-bond donors (Lipinski definition) is 2. The van der Waals surface area contributed by atoms with Crippen LogP contribution in [0.3, 0.4) is 0 Å². The van der Waals surface area contributed by atoms with Crippen LogP contribution in [0.25, 0.3) is 0 Å². The van der Waals surface area contributed by atoms with Gasteiger partial charge >= 0.3 is 6.09 Å². The fourth-order valence-corrected chi connectivity index (χ4v) is 2.48. The second kappa shape index (κ2) is 5.84. The summed E-state index contributed by atoms with van der Waals surface area (Å²) in [6, 6.07) is 0.